The van der Waals surface area contributed by atoms with Gasteiger partial charge in [-0.25, -0.2) is 5.43 Å². The largest absolute Gasteiger partial charge is 0.489 e. The molecule has 6 heteroatoms. The molecular weight excluding hydrogens is 376 g/mol. The number of hydrogen-bond donors (Lipinski definition) is 1. The predicted molar refractivity (Wildman–Crippen MR) is 116 cm³/mol. The van der Waals surface area contributed by atoms with E-state index in [1.807, 2.05) is 47.8 Å². The Bertz CT molecular complexity index is 783. The Morgan fingerprint density at radius 3 is 2.48 bits per heavy atom. The minimum Gasteiger partial charge on any atom is -0.489 e. The molecule has 27 heavy (non-hydrogen) atoms. The fourth-order valence-electron chi connectivity index (χ4n) is 2.67. The quantitative estimate of drug-likeness (QED) is 0.545. The molecule has 0 aromatic heterocycles. The molecule has 1 aliphatic rings. The van der Waals surface area contributed by atoms with Crippen molar-refractivity contribution in [3.8, 4) is 5.75 Å². The molecule has 0 bridgehead atoms. The lowest BCUT2D eigenvalue weighted by molar-refractivity contribution is -0.121. The van der Waals surface area contributed by atoms with E-state index < -0.39 is 0 Å². The van der Waals surface area contributed by atoms with E-state index in [9.17, 15) is 4.79 Å². The van der Waals surface area contributed by atoms with Gasteiger partial charge in [-0.2, -0.15) is 5.10 Å². The zero-order valence-corrected chi connectivity index (χ0v) is 17.2. The average molecular weight is 401 g/mol. The molecule has 0 saturated carbocycles. The number of hydrazone groups is 1. The number of benzene rings is 2. The van der Waals surface area contributed by atoms with Crippen molar-refractivity contribution in [1.82, 2.24) is 5.43 Å². The number of hydrogen-bond acceptors (Lipinski definition) is 5. The van der Waals surface area contributed by atoms with Gasteiger partial charge in [0.15, 0.2) is 0 Å². The summed E-state index contributed by atoms with van der Waals surface area (Å²) in [6, 6.07) is 16.0. The molecule has 0 atom stereocenters. The minimum absolute atomic E-state index is 0.0178. The van der Waals surface area contributed by atoms with Gasteiger partial charge in [0.25, 0.3) is 0 Å². The summed E-state index contributed by atoms with van der Waals surface area (Å²) in [4.78, 5) is 12.0. The van der Waals surface area contributed by atoms with Crippen LogP contribution >= 0.6 is 23.5 Å². The summed E-state index contributed by atoms with van der Waals surface area (Å²) in [7, 11) is 0. The summed E-state index contributed by atoms with van der Waals surface area (Å²) in [6.07, 6.45) is 2.13. The summed E-state index contributed by atoms with van der Waals surface area (Å²) in [5.74, 6) is 2.97. The second kappa shape index (κ2) is 9.33. The topological polar surface area (TPSA) is 50.7 Å². The van der Waals surface area contributed by atoms with Crippen LogP contribution in [0.1, 0.15) is 30.0 Å². The van der Waals surface area contributed by atoms with E-state index in [2.05, 4.69) is 48.6 Å². The third kappa shape index (κ3) is 6.33. The fourth-order valence-corrected chi connectivity index (χ4v) is 5.50. The average Bonchev–Trinajstić information content (AvgIpc) is 3.08. The van der Waals surface area contributed by atoms with Crippen molar-refractivity contribution in [1.29, 1.82) is 0 Å². The third-order valence-corrected chi connectivity index (χ3v) is 7.48. The lowest BCUT2D eigenvalue weighted by Gasteiger charge is -2.19. The molecule has 2 aromatic rings. The van der Waals surface area contributed by atoms with Crippen molar-refractivity contribution in [3.05, 3.63) is 65.2 Å². The summed E-state index contributed by atoms with van der Waals surface area (Å²) in [5, 5.41) is 4.06. The highest BCUT2D eigenvalue weighted by Gasteiger charge is 2.32. The molecule has 0 spiro atoms. The predicted octanol–water partition coefficient (Wildman–Crippen LogP) is 4.61. The highest BCUT2D eigenvalue weighted by molar-refractivity contribution is 8.21. The molecule has 1 saturated heterocycles. The van der Waals surface area contributed by atoms with Gasteiger partial charge in [-0.15, -0.1) is 23.5 Å². The van der Waals surface area contributed by atoms with Crippen molar-refractivity contribution < 1.29 is 9.53 Å². The number of thioether (sulfide) groups is 2. The van der Waals surface area contributed by atoms with Crippen molar-refractivity contribution in [3.63, 3.8) is 0 Å². The number of nitrogens with zero attached hydrogens (tertiary/aromatic N) is 1. The number of aryl methyl sites for hydroxylation is 1. The van der Waals surface area contributed by atoms with Gasteiger partial charge in [-0.3, -0.25) is 4.79 Å². The fraction of sp³-hybridized carbons (Fsp3) is 0.333. The zero-order valence-electron chi connectivity index (χ0n) is 15.6. The maximum Gasteiger partial charge on any atom is 0.242 e. The van der Waals surface area contributed by atoms with E-state index in [1.165, 1.54) is 5.56 Å². The summed E-state index contributed by atoms with van der Waals surface area (Å²) < 4.78 is 5.78. The molecule has 1 amide bonds. The van der Waals surface area contributed by atoms with E-state index in [4.69, 9.17) is 4.74 Å². The molecule has 1 N–H and O–H groups in total. The van der Waals surface area contributed by atoms with Gasteiger partial charge >= 0.3 is 0 Å². The van der Waals surface area contributed by atoms with Crippen LogP contribution in [0, 0.1) is 6.92 Å². The van der Waals surface area contributed by atoms with Crippen LogP contribution < -0.4 is 10.2 Å². The van der Waals surface area contributed by atoms with Crippen LogP contribution in [-0.4, -0.2) is 27.7 Å². The first kappa shape index (κ1) is 19.8. The van der Waals surface area contributed by atoms with Gasteiger partial charge in [-0.1, -0.05) is 29.8 Å². The first-order chi connectivity index (χ1) is 13.0. The van der Waals surface area contributed by atoms with Gasteiger partial charge in [0.2, 0.25) is 5.91 Å². The van der Waals surface area contributed by atoms with Crippen molar-refractivity contribution in [2.24, 2.45) is 5.10 Å². The Morgan fingerprint density at radius 2 is 1.81 bits per heavy atom. The SMILES string of the molecule is Cc1ccc(COc2ccc(/C=N\NC(=O)CC3(C)SCCS3)cc2)cc1. The van der Waals surface area contributed by atoms with Crippen LogP contribution in [0.5, 0.6) is 5.75 Å². The maximum absolute atomic E-state index is 12.0. The standard InChI is InChI=1S/C21H24N2O2S2/c1-16-3-5-18(6-4-16)15-25-19-9-7-17(8-10-19)14-22-23-20(24)13-21(2)26-11-12-27-21/h3-10,14H,11-13,15H2,1-2H3,(H,23,24)/b22-14-. The molecule has 0 radical (unpaired) electrons. The molecule has 3 rings (SSSR count). The van der Waals surface area contributed by atoms with Gasteiger partial charge in [0.05, 0.1) is 16.7 Å². The Kier molecular flexibility index (Phi) is 6.85. The minimum atomic E-state index is -0.0475. The van der Waals surface area contributed by atoms with E-state index >= 15 is 0 Å². The first-order valence-corrected chi connectivity index (χ1v) is 10.9. The molecule has 2 aromatic carbocycles. The summed E-state index contributed by atoms with van der Waals surface area (Å²) in [5.41, 5.74) is 5.91. The van der Waals surface area contributed by atoms with Crippen LogP contribution in [0.25, 0.3) is 0 Å². The molecule has 1 heterocycles. The van der Waals surface area contributed by atoms with Crippen LogP contribution in [0.3, 0.4) is 0 Å². The van der Waals surface area contributed by atoms with E-state index in [0.29, 0.717) is 13.0 Å². The van der Waals surface area contributed by atoms with Crippen LogP contribution in [0.15, 0.2) is 53.6 Å². The van der Waals surface area contributed by atoms with E-state index in [-0.39, 0.29) is 9.99 Å². The first-order valence-electron chi connectivity index (χ1n) is 8.91. The number of ether oxygens (including phenoxy) is 1. The molecule has 4 nitrogen and oxygen atoms in total. The lowest BCUT2D eigenvalue weighted by Crippen LogP contribution is -2.26. The number of amides is 1. The van der Waals surface area contributed by atoms with E-state index in [0.717, 1.165) is 28.4 Å². The maximum atomic E-state index is 12.0. The molecule has 0 aliphatic carbocycles. The number of carbonyl (C=O) groups excluding carboxylic acids is 1. The molecule has 1 aliphatic heterocycles. The van der Waals surface area contributed by atoms with Crippen molar-refractivity contribution in [2.75, 3.05) is 11.5 Å². The Balaban J connectivity index is 1.44. The highest BCUT2D eigenvalue weighted by Crippen LogP contribution is 2.45. The van der Waals surface area contributed by atoms with Crippen molar-refractivity contribution >= 4 is 35.6 Å². The summed E-state index contributed by atoms with van der Waals surface area (Å²) in [6.45, 7) is 4.73. The third-order valence-electron chi connectivity index (χ3n) is 4.19. The molecule has 142 valence electrons. The number of rotatable bonds is 7. The monoisotopic (exact) mass is 400 g/mol. The lowest BCUT2D eigenvalue weighted by atomic mass is 10.2. The zero-order chi connectivity index (χ0) is 19.1. The highest BCUT2D eigenvalue weighted by atomic mass is 32.2. The Morgan fingerprint density at radius 1 is 1.15 bits per heavy atom. The van der Waals surface area contributed by atoms with Crippen molar-refractivity contribution in [2.45, 2.75) is 31.0 Å². The van der Waals surface area contributed by atoms with E-state index in [1.54, 1.807) is 6.21 Å². The van der Waals surface area contributed by atoms with Gasteiger partial charge < -0.3 is 4.74 Å². The Hall–Kier alpha value is -1.92. The van der Waals surface area contributed by atoms with Crippen LogP contribution in [0.4, 0.5) is 0 Å². The second-order valence-electron chi connectivity index (χ2n) is 6.64. The Labute approximate surface area is 169 Å². The summed E-state index contributed by atoms with van der Waals surface area (Å²) >= 11 is 3.69. The normalized spacial score (nSPS) is 15.8. The van der Waals surface area contributed by atoms with Crippen LogP contribution in [0.2, 0.25) is 0 Å². The molecule has 0 unspecified atom stereocenters. The molecule has 1 fully saturated rings. The number of carbonyl (C=O) groups is 1. The second-order valence-corrected chi connectivity index (χ2v) is 10.1. The number of nitrogens with one attached hydrogen (secondary N) is 1. The van der Waals surface area contributed by atoms with Gasteiger partial charge in [-0.05, 0) is 49.2 Å². The van der Waals surface area contributed by atoms with Gasteiger partial charge in [0.1, 0.15) is 12.4 Å². The smallest absolute Gasteiger partial charge is 0.242 e. The van der Waals surface area contributed by atoms with Crippen LogP contribution in [-0.2, 0) is 11.4 Å². The molecular formula is C21H24N2O2S2. The van der Waals surface area contributed by atoms with Gasteiger partial charge in [0, 0.05) is 11.5 Å².